The van der Waals surface area contributed by atoms with Crippen molar-refractivity contribution in [1.29, 1.82) is 0 Å². The van der Waals surface area contributed by atoms with Crippen LogP contribution in [0.1, 0.15) is 55.2 Å². The van der Waals surface area contributed by atoms with Crippen molar-refractivity contribution in [1.82, 2.24) is 20.1 Å². The molecule has 2 aromatic heterocycles. The minimum Gasteiger partial charge on any atom is -0.352 e. The highest BCUT2D eigenvalue weighted by Gasteiger charge is 2.38. The molecule has 0 fully saturated rings. The van der Waals surface area contributed by atoms with Crippen LogP contribution in [0.4, 0.5) is 0 Å². The number of nitrogens with one attached hydrogen (secondary N) is 2. The summed E-state index contributed by atoms with van der Waals surface area (Å²) in [6.07, 6.45) is 7.16. The van der Waals surface area contributed by atoms with Gasteiger partial charge < -0.3 is 10.3 Å². The van der Waals surface area contributed by atoms with Crippen molar-refractivity contribution in [3.8, 4) is 12.3 Å². The number of nitrogens with zero attached hydrogens (tertiary/aromatic N) is 4. The van der Waals surface area contributed by atoms with Crippen LogP contribution in [0.5, 0.6) is 0 Å². The molecule has 8 heteroatoms. The Balaban J connectivity index is 1.78. The summed E-state index contributed by atoms with van der Waals surface area (Å²) in [7, 11) is 0. The van der Waals surface area contributed by atoms with E-state index in [9.17, 15) is 9.59 Å². The Kier molecular flexibility index (Phi) is 4.64. The van der Waals surface area contributed by atoms with E-state index in [2.05, 4.69) is 31.5 Å². The molecule has 2 N–H and O–H groups in total. The lowest BCUT2D eigenvalue weighted by molar-refractivity contribution is 0.0953. The Morgan fingerprint density at radius 2 is 2.15 bits per heavy atom. The molecule has 0 unspecified atom stereocenters. The van der Waals surface area contributed by atoms with E-state index in [1.165, 1.54) is 6.07 Å². The fourth-order valence-electron chi connectivity index (χ4n) is 3.04. The normalized spacial score (nSPS) is 14.6. The number of aromatic nitrogens is 3. The SMILES string of the molecule is C#CCCC1(CCNC(=O)c2cc(=O)[nH]c3c2c(C)nn3C(C)C)N=N1. The van der Waals surface area contributed by atoms with Crippen LogP contribution in [0, 0.1) is 19.3 Å². The second-order valence-electron chi connectivity index (χ2n) is 6.79. The third-order valence-corrected chi connectivity index (χ3v) is 4.47. The maximum atomic E-state index is 12.7. The number of aromatic amines is 1. The first-order chi connectivity index (χ1) is 12.4. The Morgan fingerprint density at radius 1 is 1.42 bits per heavy atom. The number of H-pyrrole nitrogens is 1. The van der Waals surface area contributed by atoms with Crippen LogP contribution in [-0.2, 0) is 0 Å². The van der Waals surface area contributed by atoms with Crippen molar-refractivity contribution in [3.05, 3.63) is 27.7 Å². The number of hydrogen-bond donors (Lipinski definition) is 2. The molecule has 1 amide bonds. The summed E-state index contributed by atoms with van der Waals surface area (Å²) in [6.45, 7) is 6.17. The maximum absolute atomic E-state index is 12.7. The third kappa shape index (κ3) is 3.38. The quantitative estimate of drug-likeness (QED) is 0.745. The highest BCUT2D eigenvalue weighted by molar-refractivity contribution is 6.06. The molecule has 0 aromatic carbocycles. The summed E-state index contributed by atoms with van der Waals surface area (Å²) in [5, 5.41) is 16.1. The van der Waals surface area contributed by atoms with Gasteiger partial charge in [0.2, 0.25) is 5.56 Å². The molecule has 0 bridgehead atoms. The summed E-state index contributed by atoms with van der Waals surface area (Å²) in [4.78, 5) is 27.5. The molecule has 0 saturated heterocycles. The van der Waals surface area contributed by atoms with Crippen molar-refractivity contribution >= 4 is 16.9 Å². The highest BCUT2D eigenvalue weighted by atomic mass is 16.2. The van der Waals surface area contributed by atoms with Crippen LogP contribution < -0.4 is 10.9 Å². The van der Waals surface area contributed by atoms with Gasteiger partial charge in [0.25, 0.3) is 5.91 Å². The first-order valence-corrected chi connectivity index (χ1v) is 8.65. The number of terminal acetylenes is 1. The molecule has 8 nitrogen and oxygen atoms in total. The van der Waals surface area contributed by atoms with E-state index in [1.807, 2.05) is 20.8 Å². The van der Waals surface area contributed by atoms with Crippen molar-refractivity contribution in [2.75, 3.05) is 6.54 Å². The molecule has 0 spiro atoms. The van der Waals surface area contributed by atoms with Gasteiger partial charge in [0.1, 0.15) is 5.65 Å². The number of amides is 1. The summed E-state index contributed by atoms with van der Waals surface area (Å²) in [6, 6.07) is 1.38. The van der Waals surface area contributed by atoms with Gasteiger partial charge in [-0.25, -0.2) is 4.68 Å². The standard InChI is InChI=1S/C18H22N6O2/c1-5-6-7-18(22-23-18)8-9-19-17(26)13-10-14(25)20-16-15(13)12(4)21-24(16)11(2)3/h1,10-11H,6-9H2,2-4H3,(H,19,26)(H,20,25). The average molecular weight is 354 g/mol. The smallest absolute Gasteiger partial charge is 0.252 e. The van der Waals surface area contributed by atoms with Crippen molar-refractivity contribution in [2.24, 2.45) is 10.2 Å². The zero-order valence-electron chi connectivity index (χ0n) is 15.2. The van der Waals surface area contributed by atoms with E-state index in [0.29, 0.717) is 48.1 Å². The van der Waals surface area contributed by atoms with Crippen LogP contribution in [0.25, 0.3) is 11.0 Å². The zero-order valence-corrected chi connectivity index (χ0v) is 15.2. The average Bonchev–Trinajstić information content (AvgIpc) is 3.28. The summed E-state index contributed by atoms with van der Waals surface area (Å²) < 4.78 is 1.72. The summed E-state index contributed by atoms with van der Waals surface area (Å²) in [5.41, 5.74) is 0.819. The van der Waals surface area contributed by atoms with Gasteiger partial charge in [0.05, 0.1) is 16.6 Å². The molecule has 3 rings (SSSR count). The van der Waals surface area contributed by atoms with Crippen LogP contribution >= 0.6 is 0 Å². The first-order valence-electron chi connectivity index (χ1n) is 8.65. The number of hydrogen-bond acceptors (Lipinski definition) is 5. The number of carbonyl (C=O) groups excluding carboxylic acids is 1. The second kappa shape index (κ2) is 6.75. The fourth-order valence-corrected chi connectivity index (χ4v) is 3.04. The van der Waals surface area contributed by atoms with E-state index in [4.69, 9.17) is 6.42 Å². The minimum atomic E-state index is -0.443. The molecule has 3 heterocycles. The fraction of sp³-hybridized carbons (Fsp3) is 0.500. The van der Waals surface area contributed by atoms with E-state index >= 15 is 0 Å². The summed E-state index contributed by atoms with van der Waals surface area (Å²) >= 11 is 0. The molecule has 1 aliphatic heterocycles. The van der Waals surface area contributed by atoms with E-state index in [-0.39, 0.29) is 17.5 Å². The Hall–Kier alpha value is -2.95. The second-order valence-corrected chi connectivity index (χ2v) is 6.79. The zero-order chi connectivity index (χ0) is 18.9. The maximum Gasteiger partial charge on any atom is 0.252 e. The predicted molar refractivity (Wildman–Crippen MR) is 98.1 cm³/mol. The number of pyridine rings is 1. The number of fused-ring (bicyclic) bond motifs is 1. The highest BCUT2D eigenvalue weighted by Crippen LogP contribution is 2.36. The number of carbonyl (C=O) groups is 1. The Bertz CT molecular complexity index is 970. The van der Waals surface area contributed by atoms with Gasteiger partial charge in [-0.3, -0.25) is 9.59 Å². The molecule has 0 saturated carbocycles. The lowest BCUT2D eigenvalue weighted by Gasteiger charge is -2.11. The minimum absolute atomic E-state index is 0.0641. The largest absolute Gasteiger partial charge is 0.352 e. The van der Waals surface area contributed by atoms with Crippen molar-refractivity contribution in [2.45, 2.75) is 51.7 Å². The number of aryl methyl sites for hydroxylation is 1. The van der Waals surface area contributed by atoms with E-state index < -0.39 is 5.66 Å². The molecular formula is C18H22N6O2. The third-order valence-electron chi connectivity index (χ3n) is 4.47. The lowest BCUT2D eigenvalue weighted by Crippen LogP contribution is -2.29. The molecule has 136 valence electrons. The Labute approximate surface area is 151 Å². The van der Waals surface area contributed by atoms with Gasteiger partial charge in [-0.05, 0) is 20.8 Å². The first kappa shape index (κ1) is 17.9. The molecular weight excluding hydrogens is 332 g/mol. The van der Waals surface area contributed by atoms with Gasteiger partial charge in [0, 0.05) is 37.9 Å². The van der Waals surface area contributed by atoms with Crippen molar-refractivity contribution in [3.63, 3.8) is 0 Å². The molecule has 2 aromatic rings. The van der Waals surface area contributed by atoms with Crippen molar-refractivity contribution < 1.29 is 4.79 Å². The predicted octanol–water partition coefficient (Wildman–Crippen LogP) is 2.31. The molecule has 0 atom stereocenters. The van der Waals surface area contributed by atoms with E-state index in [1.54, 1.807) is 4.68 Å². The van der Waals surface area contributed by atoms with Crippen LogP contribution in [-0.4, -0.2) is 32.9 Å². The van der Waals surface area contributed by atoms with Gasteiger partial charge in [-0.2, -0.15) is 15.3 Å². The summed E-state index contributed by atoms with van der Waals surface area (Å²) in [5.74, 6) is 2.27. The van der Waals surface area contributed by atoms with Gasteiger partial charge in [0.15, 0.2) is 5.66 Å². The van der Waals surface area contributed by atoms with Crippen LogP contribution in [0.15, 0.2) is 21.1 Å². The van der Waals surface area contributed by atoms with Gasteiger partial charge in [-0.1, -0.05) is 0 Å². The van der Waals surface area contributed by atoms with Gasteiger partial charge in [-0.15, -0.1) is 12.3 Å². The van der Waals surface area contributed by atoms with Crippen LogP contribution in [0.3, 0.4) is 0 Å². The van der Waals surface area contributed by atoms with E-state index in [0.717, 1.165) is 0 Å². The molecule has 26 heavy (non-hydrogen) atoms. The number of rotatable bonds is 7. The van der Waals surface area contributed by atoms with Gasteiger partial charge >= 0.3 is 0 Å². The lowest BCUT2D eigenvalue weighted by atomic mass is 10.0. The topological polar surface area (TPSA) is 104 Å². The van der Waals surface area contributed by atoms with Crippen LogP contribution in [0.2, 0.25) is 0 Å². The Morgan fingerprint density at radius 3 is 2.77 bits per heavy atom. The molecule has 1 aliphatic rings. The molecule has 0 aliphatic carbocycles. The molecule has 0 radical (unpaired) electrons. The monoisotopic (exact) mass is 354 g/mol.